The Bertz CT molecular complexity index is 1070. The van der Waals surface area contributed by atoms with E-state index in [1.54, 1.807) is 63.7 Å². The van der Waals surface area contributed by atoms with Crippen molar-refractivity contribution >= 4 is 11.9 Å². The van der Waals surface area contributed by atoms with Crippen LogP contribution in [-0.4, -0.2) is 42.7 Å². The van der Waals surface area contributed by atoms with E-state index in [9.17, 15) is 9.59 Å². The van der Waals surface area contributed by atoms with Gasteiger partial charge in [0.25, 0.3) is 5.91 Å². The Morgan fingerprint density at radius 3 is 2.56 bits per heavy atom. The summed E-state index contributed by atoms with van der Waals surface area (Å²) in [6.07, 6.45) is 4.57. The molecule has 166 valence electrons. The maximum atomic E-state index is 12.5. The summed E-state index contributed by atoms with van der Waals surface area (Å²) < 4.78 is 21.4. The molecular weight excluding hydrogens is 414 g/mol. The Morgan fingerprint density at radius 2 is 1.84 bits per heavy atom. The largest absolute Gasteiger partial charge is 0.497 e. The molecule has 2 aromatic heterocycles. The van der Waals surface area contributed by atoms with Gasteiger partial charge in [-0.25, -0.2) is 9.78 Å². The summed E-state index contributed by atoms with van der Waals surface area (Å²) in [5.41, 5.74) is 0.817. The molecule has 0 spiro atoms. The molecule has 0 aliphatic carbocycles. The average molecular weight is 437 g/mol. The minimum Gasteiger partial charge on any atom is -0.497 e. The van der Waals surface area contributed by atoms with E-state index in [4.69, 9.17) is 18.9 Å². The van der Waals surface area contributed by atoms with E-state index in [0.29, 0.717) is 17.2 Å². The molecule has 3 aromatic rings. The number of nitrogens with zero attached hydrogens (tertiary/aromatic N) is 2. The number of pyridine rings is 2. The second-order valence-corrected chi connectivity index (χ2v) is 6.62. The molecule has 9 nitrogen and oxygen atoms in total. The third-order valence-corrected chi connectivity index (χ3v) is 4.46. The molecule has 1 atom stereocenters. The Morgan fingerprint density at radius 1 is 1.03 bits per heavy atom. The van der Waals surface area contributed by atoms with Gasteiger partial charge in [-0.05, 0) is 49.4 Å². The molecule has 1 aromatic carbocycles. The summed E-state index contributed by atoms with van der Waals surface area (Å²) in [4.78, 5) is 32.9. The standard InChI is InChI=1S/C23H23N3O6/c1-15(19-12-16(29-2)8-9-20(19)30-3)26-21(27)14-31-23(28)18-7-5-11-25-22(18)32-17-6-4-10-24-13-17/h4-13,15H,14H2,1-3H3,(H,26,27). The van der Waals surface area contributed by atoms with Crippen LogP contribution in [0.4, 0.5) is 0 Å². The summed E-state index contributed by atoms with van der Waals surface area (Å²) in [6, 6.07) is 11.3. The topological polar surface area (TPSA) is 109 Å². The lowest BCUT2D eigenvalue weighted by atomic mass is 10.1. The lowest BCUT2D eigenvalue weighted by Crippen LogP contribution is -2.31. The predicted molar refractivity (Wildman–Crippen MR) is 115 cm³/mol. The van der Waals surface area contributed by atoms with Gasteiger partial charge in [0.15, 0.2) is 6.61 Å². The third kappa shape index (κ3) is 5.72. The fraction of sp³-hybridized carbons (Fsp3) is 0.217. The molecule has 0 aliphatic heterocycles. The number of hydrogen-bond acceptors (Lipinski definition) is 8. The highest BCUT2D eigenvalue weighted by atomic mass is 16.5. The summed E-state index contributed by atoms with van der Waals surface area (Å²) in [6.45, 7) is 1.31. The predicted octanol–water partition coefficient (Wildman–Crippen LogP) is 3.32. The molecule has 0 aliphatic rings. The van der Waals surface area contributed by atoms with Crippen LogP contribution < -0.4 is 19.5 Å². The van der Waals surface area contributed by atoms with Crippen LogP contribution in [0.2, 0.25) is 0 Å². The van der Waals surface area contributed by atoms with E-state index >= 15 is 0 Å². The van der Waals surface area contributed by atoms with Gasteiger partial charge < -0.3 is 24.3 Å². The zero-order valence-corrected chi connectivity index (χ0v) is 17.9. The number of rotatable bonds is 9. The van der Waals surface area contributed by atoms with Crippen LogP contribution in [0, 0.1) is 0 Å². The number of ether oxygens (including phenoxy) is 4. The molecule has 3 rings (SSSR count). The first-order chi connectivity index (χ1) is 15.5. The van der Waals surface area contributed by atoms with E-state index in [2.05, 4.69) is 15.3 Å². The molecule has 2 heterocycles. The second kappa shape index (κ2) is 10.8. The second-order valence-electron chi connectivity index (χ2n) is 6.62. The van der Waals surface area contributed by atoms with Crippen molar-refractivity contribution in [2.45, 2.75) is 13.0 Å². The van der Waals surface area contributed by atoms with Gasteiger partial charge in [0.1, 0.15) is 22.8 Å². The first-order valence-corrected chi connectivity index (χ1v) is 9.73. The van der Waals surface area contributed by atoms with E-state index in [-0.39, 0.29) is 11.4 Å². The number of esters is 1. The minimum absolute atomic E-state index is 0.0559. The summed E-state index contributed by atoms with van der Waals surface area (Å²) in [5, 5.41) is 2.78. The normalized spacial score (nSPS) is 11.2. The molecule has 1 N–H and O–H groups in total. The number of methoxy groups -OCH3 is 2. The minimum atomic E-state index is -0.737. The molecule has 0 radical (unpaired) electrons. The highest BCUT2D eigenvalue weighted by molar-refractivity contribution is 5.93. The van der Waals surface area contributed by atoms with Gasteiger partial charge >= 0.3 is 5.97 Å². The number of amides is 1. The molecule has 1 unspecified atom stereocenters. The lowest BCUT2D eigenvalue weighted by molar-refractivity contribution is -0.124. The van der Waals surface area contributed by atoms with Gasteiger partial charge in [0.05, 0.1) is 26.5 Å². The molecule has 1 amide bonds. The number of benzene rings is 1. The van der Waals surface area contributed by atoms with Gasteiger partial charge in [0.2, 0.25) is 5.88 Å². The molecule has 0 bridgehead atoms. The van der Waals surface area contributed by atoms with Crippen molar-refractivity contribution in [3.05, 3.63) is 72.2 Å². The number of carbonyl (C=O) groups is 2. The summed E-state index contributed by atoms with van der Waals surface area (Å²) in [7, 11) is 3.10. The van der Waals surface area contributed by atoms with E-state index < -0.39 is 24.5 Å². The first-order valence-electron chi connectivity index (χ1n) is 9.73. The van der Waals surface area contributed by atoms with Gasteiger partial charge in [-0.2, -0.15) is 0 Å². The van der Waals surface area contributed by atoms with E-state index in [0.717, 1.165) is 5.56 Å². The van der Waals surface area contributed by atoms with Crippen molar-refractivity contribution in [2.75, 3.05) is 20.8 Å². The Hall–Kier alpha value is -4.14. The van der Waals surface area contributed by atoms with Crippen LogP contribution in [0.5, 0.6) is 23.1 Å². The van der Waals surface area contributed by atoms with Gasteiger partial charge in [-0.1, -0.05) is 0 Å². The van der Waals surface area contributed by atoms with Crippen LogP contribution >= 0.6 is 0 Å². The van der Waals surface area contributed by atoms with E-state index in [1.807, 2.05) is 0 Å². The Kier molecular flexibility index (Phi) is 7.58. The van der Waals surface area contributed by atoms with Crippen LogP contribution in [0.1, 0.15) is 28.9 Å². The zero-order chi connectivity index (χ0) is 22.9. The molecule has 32 heavy (non-hydrogen) atoms. The highest BCUT2D eigenvalue weighted by Crippen LogP contribution is 2.29. The molecule has 9 heteroatoms. The van der Waals surface area contributed by atoms with Crippen LogP contribution in [0.25, 0.3) is 0 Å². The number of nitrogens with one attached hydrogen (secondary N) is 1. The molecule has 0 saturated heterocycles. The zero-order valence-electron chi connectivity index (χ0n) is 17.9. The van der Waals surface area contributed by atoms with Crippen molar-refractivity contribution in [1.82, 2.24) is 15.3 Å². The lowest BCUT2D eigenvalue weighted by Gasteiger charge is -2.18. The summed E-state index contributed by atoms with van der Waals surface area (Å²) in [5.74, 6) is 0.488. The quantitative estimate of drug-likeness (QED) is 0.508. The maximum Gasteiger partial charge on any atom is 0.344 e. The SMILES string of the molecule is COc1ccc(OC)c(C(C)NC(=O)COC(=O)c2cccnc2Oc2cccnc2)c1. The van der Waals surface area contributed by atoms with E-state index in [1.165, 1.54) is 18.5 Å². The molecular formula is C23H23N3O6. The Labute approximate surface area is 185 Å². The monoisotopic (exact) mass is 437 g/mol. The summed E-state index contributed by atoms with van der Waals surface area (Å²) >= 11 is 0. The third-order valence-electron chi connectivity index (χ3n) is 4.46. The van der Waals surface area contributed by atoms with Crippen LogP contribution in [-0.2, 0) is 9.53 Å². The number of carbonyl (C=O) groups excluding carboxylic acids is 2. The van der Waals surface area contributed by atoms with Gasteiger partial charge in [-0.3, -0.25) is 9.78 Å². The first kappa shape index (κ1) is 22.5. The number of aromatic nitrogens is 2. The Balaban J connectivity index is 1.62. The fourth-order valence-electron chi connectivity index (χ4n) is 2.89. The van der Waals surface area contributed by atoms with Crippen LogP contribution in [0.15, 0.2) is 61.1 Å². The van der Waals surface area contributed by atoms with Crippen molar-refractivity contribution in [1.29, 1.82) is 0 Å². The van der Waals surface area contributed by atoms with Gasteiger partial charge in [-0.15, -0.1) is 0 Å². The maximum absolute atomic E-state index is 12.5. The highest BCUT2D eigenvalue weighted by Gasteiger charge is 2.19. The van der Waals surface area contributed by atoms with Gasteiger partial charge in [0, 0.05) is 18.0 Å². The van der Waals surface area contributed by atoms with Crippen molar-refractivity contribution in [2.24, 2.45) is 0 Å². The molecule has 0 fully saturated rings. The molecule has 0 saturated carbocycles. The smallest absolute Gasteiger partial charge is 0.344 e. The average Bonchev–Trinajstić information content (AvgIpc) is 2.83. The van der Waals surface area contributed by atoms with Crippen molar-refractivity contribution < 1.29 is 28.5 Å². The number of hydrogen-bond donors (Lipinski definition) is 1. The van der Waals surface area contributed by atoms with Crippen molar-refractivity contribution in [3.8, 4) is 23.1 Å². The van der Waals surface area contributed by atoms with Crippen LogP contribution in [0.3, 0.4) is 0 Å². The fourth-order valence-corrected chi connectivity index (χ4v) is 2.89. The van der Waals surface area contributed by atoms with Crippen molar-refractivity contribution in [3.63, 3.8) is 0 Å².